The summed E-state index contributed by atoms with van der Waals surface area (Å²) in [6.45, 7) is 12.9. The standard InChI is InChI=1S/C28H39N5O4/c1-17(30-24(36)27(5,6)7)22(34)32(8)21(14-26(2,3)4)23(35)33-16-28(13-18(33)15-29)19-11-9-10-12-20(19)31-25(28)37/h9-12,17-18,21H,13-14,16H2,1-8H3,(H,30,36)(H,31,37)/t17-,18-,21-,28-/m0/s1. The van der Waals surface area contributed by atoms with Gasteiger partial charge >= 0.3 is 0 Å². The van der Waals surface area contributed by atoms with Crippen LogP contribution >= 0.6 is 0 Å². The zero-order valence-electron chi connectivity index (χ0n) is 23.1. The molecule has 0 aliphatic carbocycles. The first-order chi connectivity index (χ1) is 17.0. The van der Waals surface area contributed by atoms with Crippen LogP contribution in [0.3, 0.4) is 0 Å². The van der Waals surface area contributed by atoms with E-state index in [1.54, 1.807) is 34.7 Å². The number of rotatable bonds is 5. The molecule has 1 saturated heterocycles. The van der Waals surface area contributed by atoms with Crippen LogP contribution in [0.5, 0.6) is 0 Å². The first-order valence-electron chi connectivity index (χ1n) is 12.7. The van der Waals surface area contributed by atoms with E-state index >= 15 is 0 Å². The number of anilines is 1. The van der Waals surface area contributed by atoms with Crippen molar-refractivity contribution in [1.29, 1.82) is 5.26 Å². The van der Waals surface area contributed by atoms with Gasteiger partial charge < -0.3 is 20.4 Å². The van der Waals surface area contributed by atoms with Crippen molar-refractivity contribution < 1.29 is 19.2 Å². The second kappa shape index (κ2) is 9.81. The van der Waals surface area contributed by atoms with Crippen LogP contribution in [0.4, 0.5) is 5.69 Å². The number of likely N-dealkylation sites (tertiary alicyclic amines) is 1. The van der Waals surface area contributed by atoms with Crippen LogP contribution in [0.1, 0.15) is 66.9 Å². The van der Waals surface area contributed by atoms with Gasteiger partial charge in [-0.1, -0.05) is 59.7 Å². The van der Waals surface area contributed by atoms with E-state index in [2.05, 4.69) is 16.7 Å². The fraction of sp³-hybridized carbons (Fsp3) is 0.607. The Kier molecular flexibility index (Phi) is 7.46. The lowest BCUT2D eigenvalue weighted by molar-refractivity contribution is -0.147. The zero-order valence-corrected chi connectivity index (χ0v) is 23.1. The van der Waals surface area contributed by atoms with Crippen molar-refractivity contribution in [2.24, 2.45) is 10.8 Å². The third kappa shape index (κ3) is 5.48. The molecular weight excluding hydrogens is 470 g/mol. The normalized spacial score (nSPS) is 22.6. The number of carbonyl (C=O) groups is 4. The minimum Gasteiger partial charge on any atom is -0.344 e. The molecule has 1 aromatic rings. The predicted octanol–water partition coefficient (Wildman–Crippen LogP) is 2.81. The topological polar surface area (TPSA) is 123 Å². The third-order valence-electron chi connectivity index (χ3n) is 7.22. The highest BCUT2D eigenvalue weighted by Crippen LogP contribution is 2.46. The van der Waals surface area contributed by atoms with Crippen LogP contribution in [0, 0.1) is 22.2 Å². The molecule has 0 bridgehead atoms. The van der Waals surface area contributed by atoms with Crippen LogP contribution in [-0.4, -0.2) is 65.1 Å². The molecule has 2 aliphatic rings. The molecule has 37 heavy (non-hydrogen) atoms. The average Bonchev–Trinajstić information content (AvgIpc) is 3.33. The number of nitrogens with one attached hydrogen (secondary N) is 2. The number of para-hydroxylation sites is 1. The van der Waals surface area contributed by atoms with Gasteiger partial charge in [0.25, 0.3) is 0 Å². The maximum absolute atomic E-state index is 14.1. The van der Waals surface area contributed by atoms with E-state index in [1.807, 2.05) is 45.0 Å². The van der Waals surface area contributed by atoms with Crippen LogP contribution in [0.15, 0.2) is 24.3 Å². The summed E-state index contributed by atoms with van der Waals surface area (Å²) >= 11 is 0. The summed E-state index contributed by atoms with van der Waals surface area (Å²) in [5.74, 6) is -1.26. The molecule has 4 amide bonds. The zero-order chi connectivity index (χ0) is 27.9. The van der Waals surface area contributed by atoms with Crippen LogP contribution in [0.25, 0.3) is 0 Å². The molecular formula is C28H39N5O4. The Morgan fingerprint density at radius 3 is 2.41 bits per heavy atom. The number of hydrogen-bond donors (Lipinski definition) is 2. The van der Waals surface area contributed by atoms with E-state index in [1.165, 1.54) is 9.80 Å². The first-order valence-corrected chi connectivity index (χ1v) is 12.7. The van der Waals surface area contributed by atoms with Gasteiger partial charge in [-0.3, -0.25) is 19.2 Å². The minimum atomic E-state index is -1.00. The van der Waals surface area contributed by atoms with Crippen molar-refractivity contribution in [1.82, 2.24) is 15.1 Å². The van der Waals surface area contributed by atoms with E-state index in [0.29, 0.717) is 12.1 Å². The molecule has 4 atom stereocenters. The number of nitrogens with zero attached hydrogens (tertiary/aromatic N) is 3. The van der Waals surface area contributed by atoms with Gasteiger partial charge in [-0.2, -0.15) is 5.26 Å². The van der Waals surface area contributed by atoms with Gasteiger partial charge in [0.15, 0.2) is 0 Å². The van der Waals surface area contributed by atoms with Crippen molar-refractivity contribution >= 4 is 29.3 Å². The summed E-state index contributed by atoms with van der Waals surface area (Å²) in [5.41, 5.74) is -0.513. The number of nitriles is 1. The number of likely N-dealkylation sites (N-methyl/N-ethyl adjacent to an activating group) is 1. The molecule has 1 aromatic carbocycles. The van der Waals surface area contributed by atoms with Gasteiger partial charge in [-0.15, -0.1) is 0 Å². The minimum absolute atomic E-state index is 0.0614. The second-order valence-corrected chi connectivity index (χ2v) is 12.6. The summed E-state index contributed by atoms with van der Waals surface area (Å²) in [5, 5.41) is 15.6. The van der Waals surface area contributed by atoms with Crippen molar-refractivity contribution in [3.05, 3.63) is 29.8 Å². The van der Waals surface area contributed by atoms with Gasteiger partial charge in [0, 0.05) is 31.1 Å². The average molecular weight is 510 g/mol. The summed E-state index contributed by atoms with van der Waals surface area (Å²) in [7, 11) is 1.56. The van der Waals surface area contributed by atoms with Crippen molar-refractivity contribution in [2.75, 3.05) is 18.9 Å². The molecule has 2 N–H and O–H groups in total. The van der Waals surface area contributed by atoms with Gasteiger partial charge in [0.1, 0.15) is 18.1 Å². The van der Waals surface area contributed by atoms with E-state index in [-0.39, 0.29) is 36.1 Å². The highest BCUT2D eigenvalue weighted by molar-refractivity contribution is 6.07. The van der Waals surface area contributed by atoms with Crippen LogP contribution in [0.2, 0.25) is 0 Å². The Morgan fingerprint density at radius 2 is 1.84 bits per heavy atom. The summed E-state index contributed by atoms with van der Waals surface area (Å²) in [6, 6.07) is 7.04. The van der Waals surface area contributed by atoms with E-state index in [9.17, 15) is 24.4 Å². The van der Waals surface area contributed by atoms with Crippen molar-refractivity contribution in [3.8, 4) is 6.07 Å². The van der Waals surface area contributed by atoms with E-state index < -0.39 is 34.9 Å². The van der Waals surface area contributed by atoms with Gasteiger partial charge in [-0.05, 0) is 30.4 Å². The molecule has 1 spiro atoms. The lowest BCUT2D eigenvalue weighted by atomic mass is 9.80. The quantitative estimate of drug-likeness (QED) is 0.632. The number of benzene rings is 1. The molecule has 9 nitrogen and oxygen atoms in total. The van der Waals surface area contributed by atoms with Gasteiger partial charge in [-0.25, -0.2) is 0 Å². The monoisotopic (exact) mass is 509 g/mol. The second-order valence-electron chi connectivity index (χ2n) is 12.6. The maximum atomic E-state index is 14.1. The summed E-state index contributed by atoms with van der Waals surface area (Å²) in [6.07, 6.45) is 0.536. The maximum Gasteiger partial charge on any atom is 0.246 e. The van der Waals surface area contributed by atoms with Crippen LogP contribution in [-0.2, 0) is 24.6 Å². The van der Waals surface area contributed by atoms with Crippen molar-refractivity contribution in [2.45, 2.75) is 84.8 Å². The molecule has 0 aromatic heterocycles. The Hall–Kier alpha value is -3.41. The third-order valence-corrected chi connectivity index (χ3v) is 7.22. The van der Waals surface area contributed by atoms with E-state index in [0.717, 1.165) is 5.56 Å². The predicted molar refractivity (Wildman–Crippen MR) is 140 cm³/mol. The number of amides is 4. The smallest absolute Gasteiger partial charge is 0.246 e. The lowest BCUT2D eigenvalue weighted by Gasteiger charge is -2.37. The number of hydrogen-bond acceptors (Lipinski definition) is 5. The molecule has 0 unspecified atom stereocenters. The molecule has 1 fully saturated rings. The largest absolute Gasteiger partial charge is 0.344 e. The van der Waals surface area contributed by atoms with Gasteiger partial charge in [0.2, 0.25) is 23.6 Å². The summed E-state index contributed by atoms with van der Waals surface area (Å²) in [4.78, 5) is 55.9. The van der Waals surface area contributed by atoms with Gasteiger partial charge in [0.05, 0.1) is 11.5 Å². The van der Waals surface area contributed by atoms with Crippen LogP contribution < -0.4 is 10.6 Å². The molecule has 0 saturated carbocycles. The van der Waals surface area contributed by atoms with Crippen molar-refractivity contribution in [3.63, 3.8) is 0 Å². The molecule has 200 valence electrons. The first kappa shape index (κ1) is 28.2. The SMILES string of the molecule is C[C@H](NC(=O)C(C)(C)C)C(=O)N(C)[C@@H](CC(C)(C)C)C(=O)N1C[C@]2(C[C@H]1C#N)C(=O)Nc1ccccc12. The molecule has 3 rings (SSSR count). The highest BCUT2D eigenvalue weighted by atomic mass is 16.2. The molecule has 9 heteroatoms. The highest BCUT2D eigenvalue weighted by Gasteiger charge is 2.56. The fourth-order valence-electron chi connectivity index (χ4n) is 5.08. The molecule has 0 radical (unpaired) electrons. The fourth-order valence-corrected chi connectivity index (χ4v) is 5.08. The molecule has 2 heterocycles. The summed E-state index contributed by atoms with van der Waals surface area (Å²) < 4.78 is 0. The lowest BCUT2D eigenvalue weighted by Crippen LogP contribution is -2.56. The number of fused-ring (bicyclic) bond motifs is 2. The molecule has 2 aliphatic heterocycles. The Balaban J connectivity index is 1.91. The number of carbonyl (C=O) groups excluding carboxylic acids is 4. The Labute approximate surface area is 219 Å². The Morgan fingerprint density at radius 1 is 1.22 bits per heavy atom. The van der Waals surface area contributed by atoms with E-state index in [4.69, 9.17) is 0 Å². The Bertz CT molecular complexity index is 1140.